The molecule has 392 valence electrons. The van der Waals surface area contributed by atoms with Crippen LogP contribution in [0.5, 0.6) is 17.2 Å². The fraction of sp³-hybridized carbons (Fsp3) is 0.172. The molecular weight excluding hydrogens is 1050 g/mol. The van der Waals surface area contributed by atoms with Gasteiger partial charge in [0.15, 0.2) is 0 Å². The largest absolute Gasteiger partial charge is 0.508 e. The lowest BCUT2D eigenvalue weighted by Crippen LogP contribution is -2.22. The molecule has 6 aromatic carbocycles. The van der Waals surface area contributed by atoms with E-state index in [0.717, 1.165) is 34.0 Å². The molecule has 0 saturated carbocycles. The van der Waals surface area contributed by atoms with Crippen LogP contribution in [0.4, 0.5) is 13.2 Å². The van der Waals surface area contributed by atoms with Gasteiger partial charge in [0.25, 0.3) is 17.7 Å². The molecule has 0 aliphatic carbocycles. The zero-order valence-electron chi connectivity index (χ0n) is 40.7. The first kappa shape index (κ1) is 57.3. The predicted octanol–water partition coefficient (Wildman–Crippen LogP) is 13.6. The molecule has 0 unspecified atom stereocenters. The summed E-state index contributed by atoms with van der Waals surface area (Å²) in [6, 6.07) is 33.5. The lowest BCUT2D eigenvalue weighted by molar-refractivity contribution is -0.142. The Balaban J connectivity index is 0.000000184. The molecule has 9 rings (SSSR count). The normalized spacial score (nSPS) is 11.0. The number of hydrogen-bond donors (Lipinski definition) is 1. The highest BCUT2D eigenvalue weighted by atomic mass is 35.5. The second-order valence-corrected chi connectivity index (χ2v) is 18.3. The van der Waals surface area contributed by atoms with Gasteiger partial charge in [0, 0.05) is 78.6 Å². The molecule has 0 fully saturated rings. The minimum absolute atomic E-state index is 0. The molecule has 3 heterocycles. The third-order valence-electron chi connectivity index (χ3n) is 12.3. The molecule has 18 heteroatoms. The Hall–Kier alpha value is -7.98. The first-order valence-electron chi connectivity index (χ1n) is 22.8. The van der Waals surface area contributed by atoms with E-state index in [4.69, 9.17) is 44.3 Å². The fourth-order valence-electron chi connectivity index (χ4n) is 8.82. The van der Waals surface area contributed by atoms with Crippen LogP contribution >= 0.6 is 34.8 Å². The molecule has 12 nitrogen and oxygen atoms in total. The van der Waals surface area contributed by atoms with E-state index in [1.54, 1.807) is 83.0 Å². The molecule has 0 radical (unpaired) electrons. The van der Waals surface area contributed by atoms with Gasteiger partial charge in [-0.05, 0) is 165 Å². The lowest BCUT2D eigenvalue weighted by Gasteiger charge is -2.13. The summed E-state index contributed by atoms with van der Waals surface area (Å²) in [6.45, 7) is 5.16. The van der Waals surface area contributed by atoms with E-state index >= 15 is 0 Å². The average molecular weight is 1100 g/mol. The standard InChI is InChI=1S/C19H13ClF3NO3.2C19H16ClNO3.CH4/c1-27-13-6-7-16-15(10-13)14(8-9-25)17(19(21,22)23)24(16)18(26)11-2-4-12(20)5-3-11;1-11(22)9-16-12(2)21(18-8-7-15(23)10-17(16)18)19(24)13-3-5-14(20)6-4-13;1-12-16(9-10-22)17-11-15(24-2)7-8-18(17)21(12)19(23)13-3-5-14(20)6-4-13;/h2-7,9-10H,8H2,1H3;3-8,10,23H,9H2,1-2H3;3-8,10-11H,9H2,1-2H3;1H4. The van der Waals surface area contributed by atoms with Gasteiger partial charge in [-0.15, -0.1) is 0 Å². The van der Waals surface area contributed by atoms with Gasteiger partial charge in [0.05, 0.1) is 30.8 Å². The van der Waals surface area contributed by atoms with Gasteiger partial charge in [0.1, 0.15) is 41.3 Å². The number of benzene rings is 6. The number of ketones is 1. The minimum atomic E-state index is -4.84. The minimum Gasteiger partial charge on any atom is -0.508 e. The Morgan fingerprint density at radius 2 is 0.895 bits per heavy atom. The van der Waals surface area contributed by atoms with E-state index in [1.165, 1.54) is 62.6 Å². The van der Waals surface area contributed by atoms with Gasteiger partial charge >= 0.3 is 6.18 Å². The van der Waals surface area contributed by atoms with Crippen LogP contribution in [-0.2, 0) is 39.8 Å². The highest BCUT2D eigenvalue weighted by Gasteiger charge is 2.41. The Labute approximate surface area is 449 Å². The van der Waals surface area contributed by atoms with E-state index in [2.05, 4.69) is 0 Å². The molecule has 0 aliphatic heterocycles. The molecule has 0 bridgehead atoms. The number of methoxy groups -OCH3 is 2. The molecule has 9 aromatic rings. The number of aromatic nitrogens is 3. The van der Waals surface area contributed by atoms with Crippen molar-refractivity contribution in [2.75, 3.05) is 14.2 Å². The van der Waals surface area contributed by atoms with E-state index in [0.29, 0.717) is 65.1 Å². The summed E-state index contributed by atoms with van der Waals surface area (Å²) >= 11 is 17.6. The van der Waals surface area contributed by atoms with Gasteiger partial charge < -0.3 is 24.2 Å². The van der Waals surface area contributed by atoms with Crippen molar-refractivity contribution >= 4 is 104 Å². The number of carbonyl (C=O) groups is 6. The number of alkyl halides is 3. The Morgan fingerprint density at radius 1 is 0.539 bits per heavy atom. The van der Waals surface area contributed by atoms with Crippen LogP contribution in [0.1, 0.15) is 79.2 Å². The van der Waals surface area contributed by atoms with Gasteiger partial charge in [-0.25, -0.2) is 0 Å². The summed E-state index contributed by atoms with van der Waals surface area (Å²) < 4.78 is 55.7. The van der Waals surface area contributed by atoms with E-state index in [9.17, 15) is 47.0 Å². The van der Waals surface area contributed by atoms with Crippen molar-refractivity contribution in [3.63, 3.8) is 0 Å². The number of phenols is 1. The van der Waals surface area contributed by atoms with Crippen molar-refractivity contribution in [1.82, 2.24) is 13.7 Å². The molecule has 76 heavy (non-hydrogen) atoms. The number of hydrogen-bond acceptors (Lipinski definition) is 9. The number of aldehydes is 2. The van der Waals surface area contributed by atoms with E-state index < -0.39 is 24.2 Å². The number of Topliss-reactive ketones (excluding diaryl/α,β-unsaturated/α-hetero) is 1. The Bertz CT molecular complexity index is 3670. The van der Waals surface area contributed by atoms with Crippen molar-refractivity contribution in [3.05, 3.63) is 193 Å². The Kier molecular flexibility index (Phi) is 18.2. The number of ether oxygens (including phenoxy) is 2. The highest BCUT2D eigenvalue weighted by Crippen LogP contribution is 2.40. The van der Waals surface area contributed by atoms with Crippen LogP contribution in [-0.4, -0.2) is 69.1 Å². The van der Waals surface area contributed by atoms with Crippen molar-refractivity contribution in [3.8, 4) is 17.2 Å². The third-order valence-corrected chi connectivity index (χ3v) is 13.0. The number of carbonyl (C=O) groups excluding carboxylic acids is 6. The van der Waals surface area contributed by atoms with Crippen LogP contribution in [0.3, 0.4) is 0 Å². The van der Waals surface area contributed by atoms with Gasteiger partial charge in [-0.3, -0.25) is 32.9 Å². The lowest BCUT2D eigenvalue weighted by atomic mass is 10.1. The first-order valence-corrected chi connectivity index (χ1v) is 23.9. The summed E-state index contributed by atoms with van der Waals surface area (Å²) in [7, 11) is 2.96. The average Bonchev–Trinajstić information content (AvgIpc) is 3.97. The van der Waals surface area contributed by atoms with Crippen LogP contribution in [0.15, 0.2) is 127 Å². The molecule has 0 atom stereocenters. The Morgan fingerprint density at radius 3 is 1.29 bits per heavy atom. The zero-order valence-corrected chi connectivity index (χ0v) is 43.0. The predicted molar refractivity (Wildman–Crippen MR) is 289 cm³/mol. The maximum atomic E-state index is 13.9. The monoisotopic (exact) mass is 1090 g/mol. The van der Waals surface area contributed by atoms with Gasteiger partial charge in [-0.2, -0.15) is 13.2 Å². The summed E-state index contributed by atoms with van der Waals surface area (Å²) in [5, 5.41) is 13.0. The quantitative estimate of drug-likeness (QED) is 0.125. The number of aromatic hydroxyl groups is 1. The molecule has 0 amide bonds. The van der Waals surface area contributed by atoms with Crippen molar-refractivity contribution in [2.24, 2.45) is 0 Å². The SMILES string of the molecule is C.CC(=O)Cc1c(C)n(C(=O)c2ccc(Cl)cc2)c2ccc(O)cc12.COc1ccc2c(c1)c(CC=O)c(C(F)(F)F)n2C(=O)c1ccc(Cl)cc1.COc1ccc2c(c1)c(CC=O)c(C)n2C(=O)c1ccc(Cl)cc1. The number of halogens is 6. The van der Waals surface area contributed by atoms with Crippen molar-refractivity contribution in [2.45, 2.75) is 53.6 Å². The first-order chi connectivity index (χ1) is 35.7. The number of rotatable bonds is 11. The van der Waals surface area contributed by atoms with Gasteiger partial charge in [0.2, 0.25) is 0 Å². The van der Waals surface area contributed by atoms with Crippen LogP contribution < -0.4 is 9.47 Å². The molecule has 0 spiro atoms. The second-order valence-electron chi connectivity index (χ2n) is 17.0. The van der Waals surface area contributed by atoms with E-state index in [1.807, 2.05) is 26.0 Å². The molecule has 3 aromatic heterocycles. The molecule has 0 aliphatic rings. The number of nitrogens with zero attached hydrogens (tertiary/aromatic N) is 3. The highest BCUT2D eigenvalue weighted by molar-refractivity contribution is 6.31. The fourth-order valence-corrected chi connectivity index (χ4v) is 9.20. The summed E-state index contributed by atoms with van der Waals surface area (Å²) in [6.07, 6.45) is -3.64. The zero-order chi connectivity index (χ0) is 54.5. The maximum absolute atomic E-state index is 13.9. The molecule has 0 saturated heterocycles. The summed E-state index contributed by atoms with van der Waals surface area (Å²) in [4.78, 5) is 72.5. The summed E-state index contributed by atoms with van der Waals surface area (Å²) in [5.74, 6) is -0.120. The topological polar surface area (TPSA) is 156 Å². The third kappa shape index (κ3) is 11.9. The summed E-state index contributed by atoms with van der Waals surface area (Å²) in [5.41, 5.74) is 4.15. The van der Waals surface area contributed by atoms with Crippen molar-refractivity contribution < 1.29 is 56.5 Å². The van der Waals surface area contributed by atoms with Crippen LogP contribution in [0.25, 0.3) is 32.7 Å². The number of fused-ring (bicyclic) bond motifs is 3. The maximum Gasteiger partial charge on any atom is 0.432 e. The van der Waals surface area contributed by atoms with Crippen molar-refractivity contribution in [1.29, 1.82) is 0 Å². The smallest absolute Gasteiger partial charge is 0.432 e. The van der Waals surface area contributed by atoms with E-state index in [-0.39, 0.29) is 65.6 Å². The molecular formula is C58H49Cl3F3N3O9. The van der Waals surface area contributed by atoms with Crippen LogP contribution in [0, 0.1) is 13.8 Å². The molecule has 1 N–H and O–H groups in total. The second kappa shape index (κ2) is 24.1. The van der Waals surface area contributed by atoms with Gasteiger partial charge in [-0.1, -0.05) is 42.2 Å². The van der Waals surface area contributed by atoms with Crippen LogP contribution in [0.2, 0.25) is 15.1 Å². The number of phenolic OH excluding ortho intramolecular Hbond substituents is 1.